The van der Waals surface area contributed by atoms with Crippen molar-refractivity contribution in [3.05, 3.63) is 70.8 Å². The van der Waals surface area contributed by atoms with Crippen molar-refractivity contribution in [1.82, 2.24) is 0 Å². The molecule has 0 aliphatic heterocycles. The summed E-state index contributed by atoms with van der Waals surface area (Å²) >= 11 is 0. The third-order valence-corrected chi connectivity index (χ3v) is 5.10. The Hall–Kier alpha value is -2.59. The Labute approximate surface area is 164 Å². The van der Waals surface area contributed by atoms with Crippen LogP contribution in [-0.2, 0) is 4.57 Å². The Morgan fingerprint density at radius 2 is 1.25 bits per heavy atom. The monoisotopic (exact) mass is 398 g/mol. The molecule has 0 saturated carbocycles. The summed E-state index contributed by atoms with van der Waals surface area (Å²) in [6.07, 6.45) is 0. The molecule has 0 fully saturated rings. The normalized spacial score (nSPS) is 11.5. The van der Waals surface area contributed by atoms with Crippen LogP contribution in [0.25, 0.3) is 22.3 Å². The molecular weight excluding hydrogens is 375 g/mol. The van der Waals surface area contributed by atoms with Gasteiger partial charge >= 0.3 is 7.82 Å². The molecule has 6 heteroatoms. The zero-order chi connectivity index (χ0) is 20.6. The molecule has 3 N–H and O–H groups in total. The molecule has 0 radical (unpaired) electrons. The van der Waals surface area contributed by atoms with E-state index in [0.29, 0.717) is 11.1 Å². The first kappa shape index (κ1) is 20.2. The van der Waals surface area contributed by atoms with Gasteiger partial charge in [-0.2, -0.15) is 0 Å². The van der Waals surface area contributed by atoms with Crippen molar-refractivity contribution < 1.29 is 24.0 Å². The van der Waals surface area contributed by atoms with Gasteiger partial charge in [0.25, 0.3) is 0 Å². The second kappa shape index (κ2) is 7.44. The molecule has 3 aromatic rings. The van der Waals surface area contributed by atoms with Crippen molar-refractivity contribution in [3.8, 4) is 33.8 Å². The lowest BCUT2D eigenvalue weighted by atomic mass is 9.88. The maximum Gasteiger partial charge on any atom is 0.524 e. The van der Waals surface area contributed by atoms with Crippen molar-refractivity contribution >= 4 is 7.82 Å². The third-order valence-electron chi connectivity index (χ3n) is 4.66. The number of aryl methyl sites for hydroxylation is 4. The third kappa shape index (κ3) is 4.12. The summed E-state index contributed by atoms with van der Waals surface area (Å²) in [5.74, 6) is 0.0352. The highest BCUT2D eigenvalue weighted by Crippen LogP contribution is 2.50. The lowest BCUT2D eigenvalue weighted by Gasteiger charge is -2.20. The lowest BCUT2D eigenvalue weighted by molar-refractivity contribution is 0.283. The van der Waals surface area contributed by atoms with Crippen LogP contribution < -0.4 is 4.52 Å². The molecule has 0 aromatic heterocycles. The lowest BCUT2D eigenvalue weighted by Crippen LogP contribution is -1.98. The molecule has 0 aliphatic carbocycles. The highest BCUT2D eigenvalue weighted by atomic mass is 31.2. The molecule has 0 spiro atoms. The van der Waals surface area contributed by atoms with E-state index >= 15 is 0 Å². The van der Waals surface area contributed by atoms with Gasteiger partial charge in [0.2, 0.25) is 0 Å². The van der Waals surface area contributed by atoms with Gasteiger partial charge in [0.15, 0.2) is 0 Å². The predicted octanol–water partition coefficient (Wildman–Crippen LogP) is 5.43. The molecule has 3 aromatic carbocycles. The van der Waals surface area contributed by atoms with Crippen LogP contribution in [0.4, 0.5) is 0 Å². The molecule has 0 bridgehead atoms. The highest BCUT2D eigenvalue weighted by Gasteiger charge is 2.25. The van der Waals surface area contributed by atoms with E-state index in [2.05, 4.69) is 0 Å². The molecule has 0 atom stereocenters. The maximum atomic E-state index is 11.6. The Kier molecular flexibility index (Phi) is 5.35. The zero-order valence-electron chi connectivity index (χ0n) is 16.2. The van der Waals surface area contributed by atoms with Crippen molar-refractivity contribution in [2.45, 2.75) is 27.7 Å². The molecule has 0 unspecified atom stereocenters. The summed E-state index contributed by atoms with van der Waals surface area (Å²) in [4.78, 5) is 18.8. The van der Waals surface area contributed by atoms with E-state index in [9.17, 15) is 19.5 Å². The van der Waals surface area contributed by atoms with Crippen LogP contribution in [0.1, 0.15) is 22.3 Å². The average molecular weight is 398 g/mol. The second-order valence-corrected chi connectivity index (χ2v) is 8.22. The van der Waals surface area contributed by atoms with E-state index in [4.69, 9.17) is 4.52 Å². The van der Waals surface area contributed by atoms with Crippen LogP contribution in [0.5, 0.6) is 11.5 Å². The van der Waals surface area contributed by atoms with E-state index in [1.807, 2.05) is 64.1 Å². The van der Waals surface area contributed by atoms with Crippen LogP contribution in [0.3, 0.4) is 0 Å². The minimum atomic E-state index is -4.79. The summed E-state index contributed by atoms with van der Waals surface area (Å²) in [6, 6.07) is 14.4. The Morgan fingerprint density at radius 3 is 1.71 bits per heavy atom. The molecule has 146 valence electrons. The number of rotatable bonds is 4. The number of hydrogen-bond donors (Lipinski definition) is 3. The summed E-state index contributed by atoms with van der Waals surface area (Å²) in [5.41, 5.74) is 6.43. The number of hydrogen-bond acceptors (Lipinski definition) is 3. The van der Waals surface area contributed by atoms with Gasteiger partial charge in [-0.25, -0.2) is 4.57 Å². The molecule has 0 heterocycles. The molecule has 0 amide bonds. The van der Waals surface area contributed by atoms with Gasteiger partial charge in [-0.05, 0) is 62.1 Å². The fourth-order valence-electron chi connectivity index (χ4n) is 3.50. The van der Waals surface area contributed by atoms with Crippen LogP contribution >= 0.6 is 7.82 Å². The first-order chi connectivity index (χ1) is 13.1. The SMILES string of the molecule is Cc1ccc(-c2c(O)ccc(OP(=O)(O)O)c2-c2ccc(C)cc2C)c(C)c1. The van der Waals surface area contributed by atoms with E-state index in [1.54, 1.807) is 0 Å². The Bertz CT molecular complexity index is 1100. The largest absolute Gasteiger partial charge is 0.524 e. The van der Waals surface area contributed by atoms with Crippen molar-refractivity contribution in [1.29, 1.82) is 0 Å². The molecule has 0 saturated heterocycles. The molecule has 0 aliphatic rings. The number of phosphoric acid groups is 1. The van der Waals surface area contributed by atoms with E-state index in [0.717, 1.165) is 33.4 Å². The van der Waals surface area contributed by atoms with Crippen LogP contribution in [0, 0.1) is 27.7 Å². The average Bonchev–Trinajstić information content (AvgIpc) is 2.56. The zero-order valence-corrected chi connectivity index (χ0v) is 17.1. The highest BCUT2D eigenvalue weighted by molar-refractivity contribution is 7.46. The fourth-order valence-corrected chi connectivity index (χ4v) is 3.91. The molecule has 28 heavy (non-hydrogen) atoms. The summed E-state index contributed by atoms with van der Waals surface area (Å²) in [6.45, 7) is 7.80. The minimum Gasteiger partial charge on any atom is -0.507 e. The van der Waals surface area contributed by atoms with Gasteiger partial charge in [-0.15, -0.1) is 0 Å². The maximum absolute atomic E-state index is 11.6. The summed E-state index contributed by atoms with van der Waals surface area (Å²) in [5, 5.41) is 10.7. The standard InChI is InChI=1S/C22H23O5P/c1-13-5-7-17(15(3)11-13)21-19(23)9-10-20(27-28(24,25)26)22(21)18-8-6-14(2)12-16(18)4/h5-12,23H,1-4H3,(H2,24,25,26). The van der Waals surface area contributed by atoms with Gasteiger partial charge in [-0.3, -0.25) is 9.79 Å². The summed E-state index contributed by atoms with van der Waals surface area (Å²) < 4.78 is 16.6. The van der Waals surface area contributed by atoms with E-state index < -0.39 is 7.82 Å². The first-order valence-corrected chi connectivity index (χ1v) is 10.4. The van der Waals surface area contributed by atoms with E-state index in [1.165, 1.54) is 12.1 Å². The number of benzene rings is 3. The molecular formula is C22H23O5P. The van der Waals surface area contributed by atoms with Gasteiger partial charge in [0, 0.05) is 11.1 Å². The van der Waals surface area contributed by atoms with Crippen molar-refractivity contribution in [2.75, 3.05) is 0 Å². The number of aromatic hydroxyl groups is 1. The van der Waals surface area contributed by atoms with Gasteiger partial charge < -0.3 is 9.63 Å². The van der Waals surface area contributed by atoms with Crippen LogP contribution in [0.2, 0.25) is 0 Å². The number of phosphoric ester groups is 1. The van der Waals surface area contributed by atoms with Crippen molar-refractivity contribution in [2.24, 2.45) is 0 Å². The fraction of sp³-hybridized carbons (Fsp3) is 0.182. The van der Waals surface area contributed by atoms with Crippen molar-refractivity contribution in [3.63, 3.8) is 0 Å². The van der Waals surface area contributed by atoms with E-state index in [-0.39, 0.29) is 11.5 Å². The Morgan fingerprint density at radius 1 is 0.750 bits per heavy atom. The van der Waals surface area contributed by atoms with Crippen LogP contribution in [-0.4, -0.2) is 14.9 Å². The smallest absolute Gasteiger partial charge is 0.507 e. The molecule has 3 rings (SSSR count). The summed E-state index contributed by atoms with van der Waals surface area (Å²) in [7, 11) is -4.79. The van der Waals surface area contributed by atoms with Crippen LogP contribution in [0.15, 0.2) is 48.5 Å². The predicted molar refractivity (Wildman–Crippen MR) is 111 cm³/mol. The van der Waals surface area contributed by atoms with Gasteiger partial charge in [0.1, 0.15) is 11.5 Å². The Balaban J connectivity index is 2.41. The first-order valence-electron chi connectivity index (χ1n) is 8.83. The quantitative estimate of drug-likeness (QED) is 0.510. The topological polar surface area (TPSA) is 87.0 Å². The number of phenolic OH excluding ortho intramolecular Hbond substituents is 1. The second-order valence-electron chi connectivity index (χ2n) is 7.05. The van der Waals surface area contributed by atoms with Gasteiger partial charge in [-0.1, -0.05) is 47.5 Å². The number of phenols is 1. The minimum absolute atomic E-state index is 0.0139. The molecule has 5 nitrogen and oxygen atoms in total. The van der Waals surface area contributed by atoms with Gasteiger partial charge in [0.05, 0.1) is 0 Å².